The first kappa shape index (κ1) is 15.7. The number of aromatic nitrogens is 3. The third-order valence-corrected chi connectivity index (χ3v) is 3.00. The average Bonchev–Trinajstić information content (AvgIpc) is 2.98. The molecular weight excluding hydrogens is 268 g/mol. The number of hydrogen-bond donors (Lipinski definition) is 0. The number of rotatable bonds is 7. The molecule has 0 fully saturated rings. The Balaban J connectivity index is 1.88. The van der Waals surface area contributed by atoms with E-state index in [1.165, 1.54) is 0 Å². The molecule has 21 heavy (non-hydrogen) atoms. The Morgan fingerprint density at radius 2 is 1.90 bits per heavy atom. The summed E-state index contributed by atoms with van der Waals surface area (Å²) in [6.07, 6.45) is 2.55. The molecule has 0 aliphatic carbocycles. The van der Waals surface area contributed by atoms with Crippen molar-refractivity contribution in [2.75, 3.05) is 7.05 Å². The van der Waals surface area contributed by atoms with Crippen LogP contribution in [0, 0.1) is 5.92 Å². The van der Waals surface area contributed by atoms with Crippen molar-refractivity contribution in [3.63, 3.8) is 0 Å². The lowest BCUT2D eigenvalue weighted by Gasteiger charge is -2.11. The van der Waals surface area contributed by atoms with Gasteiger partial charge in [-0.2, -0.15) is 4.98 Å². The Hall–Kier alpha value is -1.69. The van der Waals surface area contributed by atoms with E-state index >= 15 is 0 Å². The SMILES string of the molecule is CC(C)Cc1noc(CN(C)Cc2coc(C(C)C)n2)n1. The van der Waals surface area contributed by atoms with Crippen LogP contribution in [0.3, 0.4) is 0 Å². The molecule has 0 saturated carbocycles. The summed E-state index contributed by atoms with van der Waals surface area (Å²) in [5.41, 5.74) is 0.920. The minimum absolute atomic E-state index is 0.304. The van der Waals surface area contributed by atoms with Crippen LogP contribution in [0.4, 0.5) is 0 Å². The summed E-state index contributed by atoms with van der Waals surface area (Å²) in [6, 6.07) is 0. The minimum atomic E-state index is 0.304. The highest BCUT2D eigenvalue weighted by Crippen LogP contribution is 2.14. The van der Waals surface area contributed by atoms with Gasteiger partial charge in [0.25, 0.3) is 0 Å². The molecule has 6 nitrogen and oxygen atoms in total. The Labute approximate surface area is 125 Å². The molecule has 6 heteroatoms. The van der Waals surface area contributed by atoms with Crippen LogP contribution >= 0.6 is 0 Å². The number of hydrogen-bond acceptors (Lipinski definition) is 6. The van der Waals surface area contributed by atoms with Gasteiger partial charge in [0.2, 0.25) is 5.89 Å². The van der Waals surface area contributed by atoms with Gasteiger partial charge in [-0.3, -0.25) is 4.90 Å². The largest absolute Gasteiger partial charge is 0.448 e. The first-order chi connectivity index (χ1) is 9.94. The van der Waals surface area contributed by atoms with Gasteiger partial charge in [0.05, 0.1) is 12.2 Å². The first-order valence-electron chi connectivity index (χ1n) is 7.38. The van der Waals surface area contributed by atoms with Crippen molar-refractivity contribution in [3.8, 4) is 0 Å². The topological polar surface area (TPSA) is 68.2 Å². The van der Waals surface area contributed by atoms with E-state index in [0.717, 1.165) is 23.8 Å². The average molecular weight is 292 g/mol. The van der Waals surface area contributed by atoms with E-state index in [4.69, 9.17) is 8.94 Å². The predicted molar refractivity (Wildman–Crippen MR) is 78.6 cm³/mol. The Morgan fingerprint density at radius 1 is 1.14 bits per heavy atom. The summed E-state index contributed by atoms with van der Waals surface area (Å²) in [5.74, 6) is 3.02. The lowest BCUT2D eigenvalue weighted by molar-refractivity contribution is 0.258. The molecule has 2 aromatic heterocycles. The normalized spacial score (nSPS) is 12.0. The van der Waals surface area contributed by atoms with E-state index in [1.54, 1.807) is 6.26 Å². The number of oxazole rings is 1. The highest BCUT2D eigenvalue weighted by molar-refractivity contribution is 4.99. The van der Waals surface area contributed by atoms with Crippen molar-refractivity contribution in [2.45, 2.75) is 53.1 Å². The van der Waals surface area contributed by atoms with Gasteiger partial charge in [0.15, 0.2) is 11.7 Å². The lowest BCUT2D eigenvalue weighted by Crippen LogP contribution is -2.17. The Bertz CT molecular complexity index is 560. The van der Waals surface area contributed by atoms with Crippen molar-refractivity contribution in [2.24, 2.45) is 5.92 Å². The first-order valence-corrected chi connectivity index (χ1v) is 7.38. The smallest absolute Gasteiger partial charge is 0.240 e. The van der Waals surface area contributed by atoms with E-state index < -0.39 is 0 Å². The fraction of sp³-hybridized carbons (Fsp3) is 0.667. The molecular formula is C15H24N4O2. The second kappa shape index (κ2) is 6.85. The molecule has 0 amide bonds. The van der Waals surface area contributed by atoms with Crippen molar-refractivity contribution in [1.82, 2.24) is 20.0 Å². The summed E-state index contributed by atoms with van der Waals surface area (Å²) < 4.78 is 10.7. The Kier molecular flexibility index (Phi) is 5.12. The van der Waals surface area contributed by atoms with Crippen molar-refractivity contribution in [3.05, 3.63) is 29.6 Å². The zero-order valence-electron chi connectivity index (χ0n) is 13.5. The van der Waals surface area contributed by atoms with Crippen molar-refractivity contribution < 1.29 is 8.94 Å². The molecule has 0 aliphatic heterocycles. The van der Waals surface area contributed by atoms with E-state index in [1.807, 2.05) is 7.05 Å². The van der Waals surface area contributed by atoms with E-state index in [2.05, 4.69) is 47.7 Å². The van der Waals surface area contributed by atoms with Gasteiger partial charge in [0, 0.05) is 18.9 Å². The van der Waals surface area contributed by atoms with E-state index in [0.29, 0.717) is 30.8 Å². The van der Waals surface area contributed by atoms with Gasteiger partial charge in [-0.05, 0) is 13.0 Å². The fourth-order valence-corrected chi connectivity index (χ4v) is 2.03. The molecule has 0 saturated heterocycles. The predicted octanol–water partition coefficient (Wildman–Crippen LogP) is 3.01. The third kappa shape index (κ3) is 4.67. The molecule has 2 rings (SSSR count). The third-order valence-electron chi connectivity index (χ3n) is 3.00. The summed E-state index contributed by atoms with van der Waals surface area (Å²) in [4.78, 5) is 10.9. The molecule has 0 N–H and O–H groups in total. The van der Waals surface area contributed by atoms with Crippen LogP contribution < -0.4 is 0 Å². The van der Waals surface area contributed by atoms with Crippen LogP contribution in [0.5, 0.6) is 0 Å². The molecule has 0 aliphatic rings. The summed E-state index contributed by atoms with van der Waals surface area (Å²) in [5, 5.41) is 4.00. The van der Waals surface area contributed by atoms with Gasteiger partial charge in [0.1, 0.15) is 6.26 Å². The van der Waals surface area contributed by atoms with Crippen LogP contribution in [0.15, 0.2) is 15.2 Å². The van der Waals surface area contributed by atoms with Gasteiger partial charge in [-0.15, -0.1) is 0 Å². The maximum Gasteiger partial charge on any atom is 0.240 e. The minimum Gasteiger partial charge on any atom is -0.448 e. The summed E-state index contributed by atoms with van der Waals surface area (Å²) in [6.45, 7) is 9.70. The molecule has 116 valence electrons. The van der Waals surface area contributed by atoms with Crippen LogP contribution in [0.1, 0.15) is 56.9 Å². The highest BCUT2D eigenvalue weighted by Gasteiger charge is 2.13. The molecule has 0 spiro atoms. The zero-order chi connectivity index (χ0) is 15.4. The number of nitrogens with zero attached hydrogens (tertiary/aromatic N) is 4. The van der Waals surface area contributed by atoms with Crippen LogP contribution in [-0.2, 0) is 19.5 Å². The van der Waals surface area contributed by atoms with Crippen molar-refractivity contribution >= 4 is 0 Å². The highest BCUT2D eigenvalue weighted by atomic mass is 16.5. The molecule has 0 radical (unpaired) electrons. The van der Waals surface area contributed by atoms with E-state index in [-0.39, 0.29) is 0 Å². The van der Waals surface area contributed by atoms with Gasteiger partial charge in [-0.1, -0.05) is 32.9 Å². The molecule has 2 aromatic rings. The van der Waals surface area contributed by atoms with E-state index in [9.17, 15) is 0 Å². The second-order valence-corrected chi connectivity index (χ2v) is 6.21. The maximum atomic E-state index is 5.44. The lowest BCUT2D eigenvalue weighted by atomic mass is 10.1. The summed E-state index contributed by atoms with van der Waals surface area (Å²) in [7, 11) is 2.00. The Morgan fingerprint density at radius 3 is 2.52 bits per heavy atom. The molecule has 0 bridgehead atoms. The van der Waals surface area contributed by atoms with Crippen molar-refractivity contribution in [1.29, 1.82) is 0 Å². The monoisotopic (exact) mass is 292 g/mol. The van der Waals surface area contributed by atoms with Gasteiger partial charge >= 0.3 is 0 Å². The molecule has 0 unspecified atom stereocenters. The fourth-order valence-electron chi connectivity index (χ4n) is 2.03. The zero-order valence-corrected chi connectivity index (χ0v) is 13.5. The molecule has 0 atom stereocenters. The van der Waals surface area contributed by atoms with Gasteiger partial charge < -0.3 is 8.94 Å². The maximum absolute atomic E-state index is 5.44. The molecule has 2 heterocycles. The standard InChI is InChI=1S/C15H24N4O2/c1-10(2)6-13-17-14(21-18-13)8-19(5)7-12-9-20-15(16-12)11(3)4/h9-11H,6-8H2,1-5H3. The quantitative estimate of drug-likeness (QED) is 0.781. The van der Waals surface area contributed by atoms with Crippen LogP contribution in [0.2, 0.25) is 0 Å². The summed E-state index contributed by atoms with van der Waals surface area (Å²) >= 11 is 0. The molecule has 0 aromatic carbocycles. The van der Waals surface area contributed by atoms with Crippen LogP contribution in [-0.4, -0.2) is 27.1 Å². The second-order valence-electron chi connectivity index (χ2n) is 6.21. The van der Waals surface area contributed by atoms with Gasteiger partial charge in [-0.25, -0.2) is 4.98 Å². The van der Waals surface area contributed by atoms with Crippen LogP contribution in [0.25, 0.3) is 0 Å².